The molecule has 1 unspecified atom stereocenters. The lowest BCUT2D eigenvalue weighted by molar-refractivity contribution is 0.0580. The summed E-state index contributed by atoms with van der Waals surface area (Å²) in [5.74, 6) is -0.0991. The zero-order valence-corrected chi connectivity index (χ0v) is 13.9. The van der Waals surface area contributed by atoms with E-state index in [1.807, 2.05) is 4.90 Å². The topological polar surface area (TPSA) is 49.6 Å². The molecule has 116 valence electrons. The normalized spacial score (nSPS) is 17.8. The van der Waals surface area contributed by atoms with E-state index in [-0.39, 0.29) is 10.9 Å². The van der Waals surface area contributed by atoms with Gasteiger partial charge in [-0.2, -0.15) is 0 Å². The molecule has 1 heterocycles. The smallest absolute Gasteiger partial charge is 0.255 e. The van der Waals surface area contributed by atoms with E-state index in [2.05, 4.69) is 18.7 Å². The van der Waals surface area contributed by atoms with E-state index < -0.39 is 0 Å². The number of rotatable bonds is 3. The van der Waals surface area contributed by atoms with Crippen LogP contribution in [0.25, 0.3) is 0 Å². The Hall–Kier alpha value is -0.970. The largest absolute Gasteiger partial charge is 0.399 e. The molecule has 0 saturated carbocycles. The van der Waals surface area contributed by atoms with E-state index in [1.54, 1.807) is 12.1 Å². The highest BCUT2D eigenvalue weighted by Gasteiger charge is 2.26. The van der Waals surface area contributed by atoms with Crippen LogP contribution in [0.2, 0.25) is 10.0 Å². The van der Waals surface area contributed by atoms with Gasteiger partial charge in [0.25, 0.3) is 5.91 Å². The average molecular weight is 330 g/mol. The number of nitrogen functional groups attached to an aromatic ring is 1. The molecule has 1 amide bonds. The molecule has 1 aliphatic heterocycles. The molecule has 6 heteroatoms. The predicted octanol–water partition coefficient (Wildman–Crippen LogP) is 3.13. The summed E-state index contributed by atoms with van der Waals surface area (Å²) < 4.78 is 0. The van der Waals surface area contributed by atoms with Gasteiger partial charge in [0.2, 0.25) is 0 Å². The molecule has 0 aliphatic carbocycles. The summed E-state index contributed by atoms with van der Waals surface area (Å²) in [6.07, 6.45) is 1.12. The van der Waals surface area contributed by atoms with Crippen molar-refractivity contribution in [3.05, 3.63) is 27.7 Å². The Morgan fingerprint density at radius 2 is 1.90 bits per heavy atom. The van der Waals surface area contributed by atoms with Crippen molar-refractivity contribution in [2.24, 2.45) is 0 Å². The summed E-state index contributed by atoms with van der Waals surface area (Å²) in [6, 6.07) is 3.70. The van der Waals surface area contributed by atoms with E-state index in [0.717, 1.165) is 19.5 Å². The molecule has 0 aromatic heterocycles. The summed E-state index contributed by atoms with van der Waals surface area (Å²) in [6.45, 7) is 7.56. The van der Waals surface area contributed by atoms with Crippen LogP contribution in [0.1, 0.15) is 30.6 Å². The number of hydrogen-bond donors (Lipinski definition) is 1. The maximum atomic E-state index is 12.6. The SMILES string of the molecule is CCC(C)N1CCN(C(=O)c2cc(N)cc(Cl)c2Cl)CC1. The molecule has 2 N–H and O–H groups in total. The van der Waals surface area contributed by atoms with E-state index >= 15 is 0 Å². The first-order valence-corrected chi connectivity index (χ1v) is 7.97. The fraction of sp³-hybridized carbons (Fsp3) is 0.533. The van der Waals surface area contributed by atoms with Crippen LogP contribution in [-0.4, -0.2) is 47.9 Å². The van der Waals surface area contributed by atoms with Gasteiger partial charge in [-0.15, -0.1) is 0 Å². The summed E-state index contributed by atoms with van der Waals surface area (Å²) in [7, 11) is 0. The highest BCUT2D eigenvalue weighted by molar-refractivity contribution is 6.44. The number of anilines is 1. The first-order valence-electron chi connectivity index (χ1n) is 7.21. The number of nitrogens with zero attached hydrogens (tertiary/aromatic N) is 2. The fourth-order valence-corrected chi connectivity index (χ4v) is 2.98. The number of nitrogens with two attached hydrogens (primary N) is 1. The Bertz CT molecular complexity index is 528. The third kappa shape index (κ3) is 3.62. The van der Waals surface area contributed by atoms with Crippen LogP contribution in [0.15, 0.2) is 12.1 Å². The van der Waals surface area contributed by atoms with Crippen LogP contribution < -0.4 is 5.73 Å². The molecular formula is C15H21Cl2N3O. The number of hydrogen-bond acceptors (Lipinski definition) is 3. The van der Waals surface area contributed by atoms with Crippen molar-refractivity contribution in [1.82, 2.24) is 9.80 Å². The van der Waals surface area contributed by atoms with E-state index in [4.69, 9.17) is 28.9 Å². The monoisotopic (exact) mass is 329 g/mol. The second-order valence-corrected chi connectivity index (χ2v) is 6.23. The van der Waals surface area contributed by atoms with Crippen LogP contribution in [0.5, 0.6) is 0 Å². The Morgan fingerprint density at radius 1 is 1.29 bits per heavy atom. The van der Waals surface area contributed by atoms with E-state index in [9.17, 15) is 4.79 Å². The van der Waals surface area contributed by atoms with E-state index in [0.29, 0.717) is 35.4 Å². The zero-order valence-electron chi connectivity index (χ0n) is 12.4. The molecular weight excluding hydrogens is 309 g/mol. The van der Waals surface area contributed by atoms with Gasteiger partial charge in [-0.25, -0.2) is 0 Å². The molecule has 1 aromatic carbocycles. The zero-order chi connectivity index (χ0) is 15.6. The van der Waals surface area contributed by atoms with Gasteiger partial charge in [0, 0.05) is 37.9 Å². The summed E-state index contributed by atoms with van der Waals surface area (Å²) >= 11 is 12.1. The predicted molar refractivity (Wildman–Crippen MR) is 88.1 cm³/mol. The number of halogens is 2. The van der Waals surface area contributed by atoms with Gasteiger partial charge in [0.15, 0.2) is 0 Å². The molecule has 0 radical (unpaired) electrons. The minimum absolute atomic E-state index is 0.0991. The van der Waals surface area contributed by atoms with Gasteiger partial charge in [-0.3, -0.25) is 9.69 Å². The van der Waals surface area contributed by atoms with Gasteiger partial charge < -0.3 is 10.6 Å². The Balaban J connectivity index is 2.09. The van der Waals surface area contributed by atoms with Crippen molar-refractivity contribution in [1.29, 1.82) is 0 Å². The number of carbonyl (C=O) groups is 1. The number of benzene rings is 1. The first-order chi connectivity index (χ1) is 9.93. The highest BCUT2D eigenvalue weighted by Crippen LogP contribution is 2.29. The van der Waals surface area contributed by atoms with Gasteiger partial charge in [-0.1, -0.05) is 30.1 Å². The molecule has 21 heavy (non-hydrogen) atoms. The summed E-state index contributed by atoms with van der Waals surface area (Å²) in [5, 5.41) is 0.596. The molecule has 0 bridgehead atoms. The van der Waals surface area contributed by atoms with Gasteiger partial charge >= 0.3 is 0 Å². The quantitative estimate of drug-likeness (QED) is 0.866. The summed E-state index contributed by atoms with van der Waals surface area (Å²) in [5.41, 5.74) is 6.59. The Kier molecular flexibility index (Phi) is 5.36. The lowest BCUT2D eigenvalue weighted by Crippen LogP contribution is -2.51. The molecule has 2 rings (SSSR count). The minimum atomic E-state index is -0.0991. The van der Waals surface area contributed by atoms with Gasteiger partial charge in [0.05, 0.1) is 15.6 Å². The highest BCUT2D eigenvalue weighted by atomic mass is 35.5. The van der Waals surface area contributed by atoms with Crippen LogP contribution in [0.3, 0.4) is 0 Å². The second kappa shape index (κ2) is 6.86. The maximum Gasteiger partial charge on any atom is 0.255 e. The number of amides is 1. The van der Waals surface area contributed by atoms with Crippen LogP contribution >= 0.6 is 23.2 Å². The third-order valence-corrected chi connectivity index (χ3v) is 4.90. The average Bonchev–Trinajstić information content (AvgIpc) is 2.49. The first kappa shape index (κ1) is 16.4. The maximum absolute atomic E-state index is 12.6. The van der Waals surface area contributed by atoms with Gasteiger partial charge in [-0.05, 0) is 25.5 Å². The van der Waals surface area contributed by atoms with E-state index in [1.165, 1.54) is 0 Å². The van der Waals surface area contributed by atoms with Crippen molar-refractivity contribution in [2.75, 3.05) is 31.9 Å². The molecule has 0 spiro atoms. The Labute approximate surface area is 135 Å². The number of carbonyl (C=O) groups excluding carboxylic acids is 1. The van der Waals surface area contributed by atoms with Crippen molar-refractivity contribution in [3.8, 4) is 0 Å². The lowest BCUT2D eigenvalue weighted by atomic mass is 10.1. The molecule has 1 fully saturated rings. The standard InChI is InChI=1S/C15H21Cl2N3O/c1-3-10(2)19-4-6-20(7-5-19)15(21)12-8-11(18)9-13(16)14(12)17/h8-10H,3-7,18H2,1-2H3. The fourth-order valence-electron chi connectivity index (χ4n) is 2.56. The molecule has 1 atom stereocenters. The van der Waals surface area contributed by atoms with Crippen molar-refractivity contribution >= 4 is 34.8 Å². The van der Waals surface area contributed by atoms with Crippen molar-refractivity contribution < 1.29 is 4.79 Å². The minimum Gasteiger partial charge on any atom is -0.399 e. The molecule has 1 aliphatic rings. The van der Waals surface area contributed by atoms with Crippen molar-refractivity contribution in [2.45, 2.75) is 26.3 Å². The van der Waals surface area contributed by atoms with Crippen LogP contribution in [-0.2, 0) is 0 Å². The second-order valence-electron chi connectivity index (χ2n) is 5.45. The molecule has 4 nitrogen and oxygen atoms in total. The molecule has 1 aromatic rings. The Morgan fingerprint density at radius 3 is 2.48 bits per heavy atom. The van der Waals surface area contributed by atoms with Gasteiger partial charge in [0.1, 0.15) is 0 Å². The number of piperazine rings is 1. The van der Waals surface area contributed by atoms with Crippen LogP contribution in [0.4, 0.5) is 5.69 Å². The summed E-state index contributed by atoms with van der Waals surface area (Å²) in [4.78, 5) is 16.8. The lowest BCUT2D eigenvalue weighted by Gasteiger charge is -2.38. The third-order valence-electron chi connectivity index (χ3n) is 4.10. The van der Waals surface area contributed by atoms with Crippen LogP contribution in [0, 0.1) is 0 Å². The molecule has 1 saturated heterocycles. The van der Waals surface area contributed by atoms with Crippen molar-refractivity contribution in [3.63, 3.8) is 0 Å².